The molecule has 3 N–H and O–H groups in total. The lowest BCUT2D eigenvalue weighted by atomic mass is 9.79. The van der Waals surface area contributed by atoms with Crippen LogP contribution in [0.25, 0.3) is 0 Å². The van der Waals surface area contributed by atoms with Crippen molar-refractivity contribution in [3.63, 3.8) is 0 Å². The smallest absolute Gasteiger partial charge is 0.425 e. The highest BCUT2D eigenvalue weighted by atomic mass is 32.1. The molecule has 2 atom stereocenters. The van der Waals surface area contributed by atoms with Crippen LogP contribution in [-0.2, 0) is 30.4 Å². The summed E-state index contributed by atoms with van der Waals surface area (Å²) in [5.74, 6) is -1.39. The Bertz CT molecular complexity index is 1160. The molecule has 1 aromatic rings. The van der Waals surface area contributed by atoms with E-state index in [1.807, 2.05) is 25.1 Å². The maximum absolute atomic E-state index is 14.1. The maximum Gasteiger partial charge on any atom is 0.425 e. The van der Waals surface area contributed by atoms with Gasteiger partial charge < -0.3 is 19.1 Å². The molecule has 1 fully saturated rings. The number of carbonyl (C=O) groups is 4. The number of ether oxygens (including phenoxy) is 3. The van der Waals surface area contributed by atoms with E-state index in [4.69, 9.17) is 26.4 Å². The molecule has 0 radical (unpaired) electrons. The van der Waals surface area contributed by atoms with E-state index < -0.39 is 35.3 Å². The predicted octanol–water partition coefficient (Wildman–Crippen LogP) is 1.37. The normalized spacial score (nSPS) is 22.7. The first kappa shape index (κ1) is 28.7. The van der Waals surface area contributed by atoms with Crippen molar-refractivity contribution < 1.29 is 33.4 Å². The topological polar surface area (TPSA) is 142 Å². The molecule has 2 aliphatic heterocycles. The summed E-state index contributed by atoms with van der Waals surface area (Å²) in [7, 11) is 3.84. The van der Waals surface area contributed by atoms with Crippen LogP contribution in [0.15, 0.2) is 41.6 Å². The summed E-state index contributed by atoms with van der Waals surface area (Å²) in [6.45, 7) is 5.20. The van der Waals surface area contributed by atoms with Crippen LogP contribution >= 0.6 is 12.2 Å². The highest BCUT2D eigenvalue weighted by molar-refractivity contribution is 7.80. The molecule has 1 aromatic carbocycles. The summed E-state index contributed by atoms with van der Waals surface area (Å²) in [6.07, 6.45) is -1.19. The van der Waals surface area contributed by atoms with Gasteiger partial charge in [-0.05, 0) is 38.0 Å². The van der Waals surface area contributed by atoms with Crippen LogP contribution in [0.5, 0.6) is 0 Å². The molecule has 2 heterocycles. The van der Waals surface area contributed by atoms with Gasteiger partial charge in [-0.1, -0.05) is 37.3 Å². The second kappa shape index (κ2) is 11.2. The summed E-state index contributed by atoms with van der Waals surface area (Å²) >= 11 is 5.60. The number of amides is 3. The van der Waals surface area contributed by atoms with Crippen molar-refractivity contribution in [2.45, 2.75) is 45.0 Å². The Hall–Kier alpha value is -3.91. The van der Waals surface area contributed by atoms with Crippen LogP contribution < -0.4 is 16.3 Å². The number of methoxy groups -OCH3 is 2. The van der Waals surface area contributed by atoms with E-state index in [1.165, 1.54) is 45.0 Å². The van der Waals surface area contributed by atoms with Gasteiger partial charge in [-0.15, -0.1) is 0 Å². The van der Waals surface area contributed by atoms with Crippen LogP contribution in [0.4, 0.5) is 9.59 Å². The Balaban J connectivity index is 2.10. The van der Waals surface area contributed by atoms with Gasteiger partial charge in [0.1, 0.15) is 6.61 Å². The van der Waals surface area contributed by atoms with E-state index in [1.54, 1.807) is 17.0 Å². The van der Waals surface area contributed by atoms with Crippen molar-refractivity contribution in [1.29, 1.82) is 0 Å². The molecule has 206 valence electrons. The summed E-state index contributed by atoms with van der Waals surface area (Å²) in [4.78, 5) is 55.2. The molecule has 0 aromatic heterocycles. The lowest BCUT2D eigenvalue weighted by Crippen LogP contribution is -2.78. The average Bonchev–Trinajstić information content (AvgIpc) is 3.22. The third-order valence-corrected chi connectivity index (χ3v) is 7.09. The standard InChI is InChI=1S/C24H32N6O7S/c1-7-13-29-22(38)28(4)19(32)24(29)17(18(31)35-5)15(2)30(26-21(34)36-6)23(24,3)27-25-20(33)37-14-16-11-9-8-10-12-16/h8-12,27H,7,13-14H2,1-6H3,(H,25,33)(H,26,34). The van der Waals surface area contributed by atoms with Crippen molar-refractivity contribution >= 4 is 41.4 Å². The first-order valence-electron chi connectivity index (χ1n) is 11.8. The van der Waals surface area contributed by atoms with Crippen molar-refractivity contribution in [1.82, 2.24) is 31.1 Å². The van der Waals surface area contributed by atoms with Crippen molar-refractivity contribution in [3.8, 4) is 0 Å². The highest BCUT2D eigenvalue weighted by Gasteiger charge is 2.74. The lowest BCUT2D eigenvalue weighted by molar-refractivity contribution is -0.145. The molecule has 1 saturated heterocycles. The second-order valence-corrected chi connectivity index (χ2v) is 9.15. The maximum atomic E-state index is 14.1. The number of thiocarbonyl (C=S) groups is 1. The van der Waals surface area contributed by atoms with Crippen molar-refractivity contribution in [3.05, 3.63) is 47.2 Å². The van der Waals surface area contributed by atoms with Gasteiger partial charge in [-0.2, -0.15) is 0 Å². The molecule has 38 heavy (non-hydrogen) atoms. The highest BCUT2D eigenvalue weighted by Crippen LogP contribution is 2.51. The third-order valence-electron chi connectivity index (χ3n) is 6.59. The monoisotopic (exact) mass is 548 g/mol. The molecular formula is C24H32N6O7S. The van der Waals surface area contributed by atoms with E-state index in [9.17, 15) is 19.2 Å². The Morgan fingerprint density at radius 3 is 2.32 bits per heavy atom. The number of hydrogen-bond donors (Lipinski definition) is 3. The molecule has 13 nitrogen and oxygen atoms in total. The molecule has 0 bridgehead atoms. The molecular weight excluding hydrogens is 516 g/mol. The van der Waals surface area contributed by atoms with Gasteiger partial charge in [0, 0.05) is 19.3 Å². The summed E-state index contributed by atoms with van der Waals surface area (Å²) in [6, 6.07) is 9.05. The molecule has 2 unspecified atom stereocenters. The SMILES string of the molecule is CCCN1C(=S)N(C)C(=O)C12C(C(=O)OC)=C(C)N(NC(=O)OC)C2(C)NNC(=O)OCc1ccccc1. The number of carbonyl (C=O) groups excluding carboxylic acids is 4. The van der Waals surface area contributed by atoms with Gasteiger partial charge in [0.05, 0.1) is 19.8 Å². The third kappa shape index (κ3) is 4.49. The van der Waals surface area contributed by atoms with Crippen LogP contribution in [0.2, 0.25) is 0 Å². The van der Waals surface area contributed by atoms with Gasteiger partial charge in [0.25, 0.3) is 5.91 Å². The van der Waals surface area contributed by atoms with Gasteiger partial charge in [0.2, 0.25) is 0 Å². The largest absolute Gasteiger partial charge is 0.466 e. The zero-order valence-electron chi connectivity index (χ0n) is 22.1. The lowest BCUT2D eigenvalue weighted by Gasteiger charge is -2.48. The number of esters is 1. The first-order chi connectivity index (χ1) is 18.0. The minimum Gasteiger partial charge on any atom is -0.466 e. The molecule has 3 rings (SSSR count). The van der Waals surface area contributed by atoms with Crippen LogP contribution in [-0.4, -0.2) is 83.0 Å². The zero-order chi connectivity index (χ0) is 28.3. The van der Waals surface area contributed by atoms with Crippen LogP contribution in [0.1, 0.15) is 32.8 Å². The van der Waals surface area contributed by atoms with E-state index in [0.717, 1.165) is 5.56 Å². The summed E-state index contributed by atoms with van der Waals surface area (Å²) < 4.78 is 15.2. The number of hydrazine groups is 2. The average molecular weight is 549 g/mol. The zero-order valence-corrected chi connectivity index (χ0v) is 22.9. The number of hydrogen-bond acceptors (Lipinski definition) is 10. The molecule has 0 aliphatic carbocycles. The summed E-state index contributed by atoms with van der Waals surface area (Å²) in [5, 5.41) is 1.40. The Kier molecular flexibility index (Phi) is 8.47. The quantitative estimate of drug-likeness (QED) is 0.188. The van der Waals surface area contributed by atoms with E-state index >= 15 is 0 Å². The van der Waals surface area contributed by atoms with Crippen LogP contribution in [0, 0.1) is 0 Å². The number of nitrogens with one attached hydrogen (secondary N) is 3. The Morgan fingerprint density at radius 1 is 1.08 bits per heavy atom. The van der Waals surface area contributed by atoms with Gasteiger partial charge in [-0.25, -0.2) is 25.2 Å². The van der Waals surface area contributed by atoms with Crippen LogP contribution in [0.3, 0.4) is 0 Å². The summed E-state index contributed by atoms with van der Waals surface area (Å²) in [5.41, 5.74) is 5.09. The molecule has 1 spiro atoms. The number of allylic oxidation sites excluding steroid dienone is 1. The minimum absolute atomic E-state index is 0.0151. The second-order valence-electron chi connectivity index (χ2n) is 8.78. The fourth-order valence-electron chi connectivity index (χ4n) is 4.89. The minimum atomic E-state index is -1.86. The number of rotatable bonds is 8. The first-order valence-corrected chi connectivity index (χ1v) is 12.2. The van der Waals surface area contributed by atoms with Crippen molar-refractivity contribution in [2.24, 2.45) is 0 Å². The number of benzene rings is 1. The number of likely N-dealkylation sites (N-methyl/N-ethyl adjacent to an activating group) is 1. The molecule has 14 heteroatoms. The Labute approximate surface area is 226 Å². The van der Waals surface area contributed by atoms with E-state index in [0.29, 0.717) is 6.42 Å². The molecule has 2 aliphatic rings. The fourth-order valence-corrected chi connectivity index (χ4v) is 5.20. The molecule has 3 amide bonds. The fraction of sp³-hybridized carbons (Fsp3) is 0.458. The molecule has 0 saturated carbocycles. The van der Waals surface area contributed by atoms with Crippen molar-refractivity contribution in [2.75, 3.05) is 27.8 Å². The van der Waals surface area contributed by atoms with Gasteiger partial charge in [0.15, 0.2) is 16.3 Å². The van der Waals surface area contributed by atoms with Gasteiger partial charge in [-0.3, -0.25) is 20.1 Å². The van der Waals surface area contributed by atoms with Gasteiger partial charge >= 0.3 is 18.2 Å². The van der Waals surface area contributed by atoms with E-state index in [2.05, 4.69) is 16.3 Å². The Morgan fingerprint density at radius 2 is 1.74 bits per heavy atom. The van der Waals surface area contributed by atoms with E-state index in [-0.39, 0.29) is 29.5 Å². The predicted molar refractivity (Wildman–Crippen MR) is 138 cm³/mol. The number of nitrogens with zero attached hydrogens (tertiary/aromatic N) is 3.